The Balaban J connectivity index is 2.48. The molecule has 3 atom stereocenters. The van der Waals surface area contributed by atoms with Gasteiger partial charge in [-0.15, -0.1) is 13.2 Å². The van der Waals surface area contributed by atoms with Crippen LogP contribution in [0.2, 0.25) is 0 Å². The highest BCUT2D eigenvalue weighted by Gasteiger charge is 2.24. The van der Waals surface area contributed by atoms with Crippen molar-refractivity contribution < 1.29 is 9.59 Å². The first-order chi connectivity index (χ1) is 15.8. The van der Waals surface area contributed by atoms with Gasteiger partial charge in [-0.1, -0.05) is 37.0 Å². The standard InChI is InChI=1S/C27H42N4O2/c1-7-10-11-12-13-14-24-17-18-25(29-24)19-23(8-2)16-15-22(6)28-26(32)20-31(27(33)9-3)30-21(4)5/h7-9,12-13,15,23-25,29H,1-3,10-11,14,16-20H2,4-6H3,(H,28,32)/b13-12+,22-15+/t23?,24-,25-/m0/s1. The highest BCUT2D eigenvalue weighted by atomic mass is 16.2. The minimum atomic E-state index is -0.408. The van der Waals surface area contributed by atoms with Crippen LogP contribution in [0.15, 0.2) is 67.0 Å². The third-order valence-electron chi connectivity index (χ3n) is 5.49. The van der Waals surface area contributed by atoms with Crippen LogP contribution in [-0.2, 0) is 9.59 Å². The summed E-state index contributed by atoms with van der Waals surface area (Å²) in [5.41, 5.74) is 1.45. The van der Waals surface area contributed by atoms with Crippen molar-refractivity contribution >= 4 is 17.5 Å². The Bertz CT molecular complexity index is 762. The number of carbonyl (C=O) groups excluding carboxylic acids is 2. The van der Waals surface area contributed by atoms with Crippen LogP contribution in [-0.4, -0.2) is 41.2 Å². The fourth-order valence-electron chi connectivity index (χ4n) is 3.80. The summed E-state index contributed by atoms with van der Waals surface area (Å²) in [4.78, 5) is 24.2. The molecule has 33 heavy (non-hydrogen) atoms. The topological polar surface area (TPSA) is 73.8 Å². The molecule has 182 valence electrons. The van der Waals surface area contributed by atoms with Gasteiger partial charge in [0.2, 0.25) is 5.91 Å². The molecule has 1 unspecified atom stereocenters. The van der Waals surface area contributed by atoms with E-state index in [9.17, 15) is 9.59 Å². The third kappa shape index (κ3) is 12.2. The van der Waals surface area contributed by atoms with Crippen molar-refractivity contribution in [2.75, 3.05) is 6.54 Å². The summed E-state index contributed by atoms with van der Waals surface area (Å²) in [6, 6.07) is 1.05. The van der Waals surface area contributed by atoms with Gasteiger partial charge in [0.15, 0.2) is 0 Å². The number of nitrogens with one attached hydrogen (secondary N) is 2. The number of hydrazone groups is 1. The highest BCUT2D eigenvalue weighted by molar-refractivity contribution is 5.92. The van der Waals surface area contributed by atoms with Crippen LogP contribution < -0.4 is 10.6 Å². The van der Waals surface area contributed by atoms with Crippen LogP contribution in [0.1, 0.15) is 65.7 Å². The minimum Gasteiger partial charge on any atom is -0.329 e. The average Bonchev–Trinajstić information content (AvgIpc) is 3.22. The lowest BCUT2D eigenvalue weighted by Crippen LogP contribution is -2.36. The van der Waals surface area contributed by atoms with Gasteiger partial charge < -0.3 is 10.6 Å². The molecule has 6 nitrogen and oxygen atoms in total. The molecule has 0 radical (unpaired) electrons. The van der Waals surface area contributed by atoms with Crippen molar-refractivity contribution in [3.05, 3.63) is 61.9 Å². The molecule has 1 rings (SSSR count). The Hall–Kier alpha value is -2.73. The number of hydrogen-bond donors (Lipinski definition) is 2. The Labute approximate surface area is 200 Å². The molecule has 2 amide bonds. The fraction of sp³-hybridized carbons (Fsp3) is 0.519. The van der Waals surface area contributed by atoms with Gasteiger partial charge in [-0.3, -0.25) is 9.59 Å². The monoisotopic (exact) mass is 454 g/mol. The number of carbonyl (C=O) groups is 2. The summed E-state index contributed by atoms with van der Waals surface area (Å²) in [6.07, 6.45) is 19.0. The van der Waals surface area contributed by atoms with Crippen LogP contribution in [0.5, 0.6) is 0 Å². The number of nitrogens with zero attached hydrogens (tertiary/aromatic N) is 2. The molecule has 0 saturated carbocycles. The van der Waals surface area contributed by atoms with E-state index in [0.717, 1.165) is 48.9 Å². The van der Waals surface area contributed by atoms with Gasteiger partial charge >= 0.3 is 0 Å². The smallest absolute Gasteiger partial charge is 0.266 e. The maximum Gasteiger partial charge on any atom is 0.266 e. The van der Waals surface area contributed by atoms with E-state index in [4.69, 9.17) is 0 Å². The molecule has 0 spiro atoms. The second-order valence-electron chi connectivity index (χ2n) is 8.76. The van der Waals surface area contributed by atoms with E-state index in [1.165, 1.54) is 12.8 Å². The molecule has 1 saturated heterocycles. The largest absolute Gasteiger partial charge is 0.329 e. The molecule has 1 fully saturated rings. The predicted octanol–water partition coefficient (Wildman–Crippen LogP) is 5.03. The second-order valence-corrected chi connectivity index (χ2v) is 8.76. The first kappa shape index (κ1) is 28.3. The molecule has 0 bridgehead atoms. The van der Waals surface area contributed by atoms with Gasteiger partial charge in [0, 0.05) is 23.5 Å². The van der Waals surface area contributed by atoms with Crippen molar-refractivity contribution in [1.82, 2.24) is 15.6 Å². The average molecular weight is 455 g/mol. The predicted molar refractivity (Wildman–Crippen MR) is 139 cm³/mol. The summed E-state index contributed by atoms with van der Waals surface area (Å²) in [7, 11) is 0. The number of allylic oxidation sites excluding steroid dienone is 5. The van der Waals surface area contributed by atoms with E-state index in [-0.39, 0.29) is 12.5 Å². The zero-order valence-electron chi connectivity index (χ0n) is 20.7. The van der Waals surface area contributed by atoms with Gasteiger partial charge in [0.1, 0.15) is 6.54 Å². The maximum absolute atomic E-state index is 12.3. The summed E-state index contributed by atoms with van der Waals surface area (Å²) >= 11 is 0. The molecular weight excluding hydrogens is 412 g/mol. The first-order valence-corrected chi connectivity index (χ1v) is 11.9. The molecule has 0 aliphatic carbocycles. The van der Waals surface area contributed by atoms with E-state index >= 15 is 0 Å². The molecule has 0 aromatic rings. The summed E-state index contributed by atoms with van der Waals surface area (Å²) in [5, 5.41) is 11.8. The van der Waals surface area contributed by atoms with Crippen molar-refractivity contribution in [3.8, 4) is 0 Å². The highest BCUT2D eigenvalue weighted by Crippen LogP contribution is 2.23. The Morgan fingerprint density at radius 1 is 1.12 bits per heavy atom. The molecule has 6 heteroatoms. The van der Waals surface area contributed by atoms with Crippen molar-refractivity contribution in [2.24, 2.45) is 11.0 Å². The van der Waals surface area contributed by atoms with Gasteiger partial charge in [0.05, 0.1) is 0 Å². The van der Waals surface area contributed by atoms with Gasteiger partial charge in [0.25, 0.3) is 5.91 Å². The van der Waals surface area contributed by atoms with Crippen LogP contribution in [0.3, 0.4) is 0 Å². The van der Waals surface area contributed by atoms with Crippen LogP contribution in [0, 0.1) is 5.92 Å². The lowest BCUT2D eigenvalue weighted by Gasteiger charge is -2.18. The molecular formula is C27H42N4O2. The molecule has 2 N–H and O–H groups in total. The number of amides is 2. The van der Waals surface area contributed by atoms with E-state index in [2.05, 4.69) is 47.6 Å². The van der Waals surface area contributed by atoms with E-state index < -0.39 is 5.91 Å². The summed E-state index contributed by atoms with van der Waals surface area (Å²) in [6.45, 7) is 16.5. The lowest BCUT2D eigenvalue weighted by atomic mass is 9.95. The van der Waals surface area contributed by atoms with E-state index in [1.807, 2.05) is 25.2 Å². The molecule has 1 aliphatic rings. The van der Waals surface area contributed by atoms with E-state index in [1.54, 1.807) is 13.8 Å². The number of rotatable bonds is 15. The second kappa shape index (κ2) is 16.0. The summed E-state index contributed by atoms with van der Waals surface area (Å²) in [5.74, 6) is -0.364. The molecule has 0 aromatic heterocycles. The van der Waals surface area contributed by atoms with Crippen LogP contribution in [0.25, 0.3) is 0 Å². The fourth-order valence-corrected chi connectivity index (χ4v) is 3.80. The normalized spacial score (nSPS) is 19.1. The SMILES string of the molecule is C=CCC/C=C/C[C@H]1CC[C@@H](CC(C=C)C/C=C(\C)NC(=O)CN(N=C(C)C)C(=O)C=C)N1. The lowest BCUT2D eigenvalue weighted by molar-refractivity contribution is -0.132. The minimum absolute atomic E-state index is 0.151. The zero-order chi connectivity index (χ0) is 24.6. The Kier molecular flexibility index (Phi) is 13.7. The Morgan fingerprint density at radius 2 is 1.85 bits per heavy atom. The van der Waals surface area contributed by atoms with Crippen LogP contribution >= 0.6 is 0 Å². The first-order valence-electron chi connectivity index (χ1n) is 11.9. The number of unbranched alkanes of at least 4 members (excludes halogenated alkanes) is 1. The van der Waals surface area contributed by atoms with Gasteiger partial charge in [-0.2, -0.15) is 5.10 Å². The Morgan fingerprint density at radius 3 is 2.48 bits per heavy atom. The quantitative estimate of drug-likeness (QED) is 0.120. The van der Waals surface area contributed by atoms with Crippen molar-refractivity contribution in [3.63, 3.8) is 0 Å². The van der Waals surface area contributed by atoms with E-state index in [0.29, 0.717) is 23.7 Å². The zero-order valence-corrected chi connectivity index (χ0v) is 20.7. The molecule has 0 aromatic carbocycles. The van der Waals surface area contributed by atoms with Gasteiger partial charge in [-0.25, -0.2) is 5.01 Å². The number of hydrogen-bond acceptors (Lipinski definition) is 4. The maximum atomic E-state index is 12.3. The van der Waals surface area contributed by atoms with Crippen molar-refractivity contribution in [1.29, 1.82) is 0 Å². The van der Waals surface area contributed by atoms with Crippen LogP contribution in [0.4, 0.5) is 0 Å². The van der Waals surface area contributed by atoms with Crippen molar-refractivity contribution in [2.45, 2.75) is 77.8 Å². The third-order valence-corrected chi connectivity index (χ3v) is 5.49. The van der Waals surface area contributed by atoms with Gasteiger partial charge in [-0.05, 0) is 77.7 Å². The summed E-state index contributed by atoms with van der Waals surface area (Å²) < 4.78 is 0. The molecule has 1 heterocycles. The molecule has 1 aliphatic heterocycles.